The van der Waals surface area contributed by atoms with Crippen LogP contribution in [0.3, 0.4) is 0 Å². The van der Waals surface area contributed by atoms with Gasteiger partial charge in [-0.1, -0.05) is 12.1 Å². The number of rotatable bonds is 1. The highest BCUT2D eigenvalue weighted by Crippen LogP contribution is 2.27. The molecule has 14 heavy (non-hydrogen) atoms. The zero-order chi connectivity index (χ0) is 10.1. The summed E-state index contributed by atoms with van der Waals surface area (Å²) in [5.74, 6) is 0.303. The minimum Gasteiger partial charge on any atom is -0.399 e. The highest BCUT2D eigenvalue weighted by molar-refractivity contribution is 5.87. The third kappa shape index (κ3) is 1.51. The van der Waals surface area contributed by atoms with Crippen LogP contribution in [0.4, 0.5) is 5.69 Å². The normalized spacial score (nSPS) is 22.9. The lowest BCUT2D eigenvalue weighted by molar-refractivity contribution is -0.119. The fourth-order valence-electron chi connectivity index (χ4n) is 1.92. The number of Topliss-reactive ketones (excluding diaryl/α,β-unsaturated/α-hetero) is 1. The van der Waals surface area contributed by atoms with Gasteiger partial charge in [-0.15, -0.1) is 0 Å². The first-order valence-corrected chi connectivity index (χ1v) is 4.77. The zero-order valence-electron chi connectivity index (χ0n) is 8.23. The number of hydrogen-bond acceptors (Lipinski definition) is 3. The van der Waals surface area contributed by atoms with E-state index in [-0.39, 0.29) is 6.04 Å². The van der Waals surface area contributed by atoms with E-state index in [4.69, 9.17) is 5.73 Å². The van der Waals surface area contributed by atoms with Crippen molar-refractivity contribution in [1.82, 2.24) is 4.90 Å². The SMILES string of the molecule is CN1CCC(=O)C1c1ccc(N)cc1. The smallest absolute Gasteiger partial charge is 0.155 e. The Morgan fingerprint density at radius 3 is 2.50 bits per heavy atom. The van der Waals surface area contributed by atoms with Gasteiger partial charge in [-0.3, -0.25) is 9.69 Å². The molecule has 1 heterocycles. The van der Waals surface area contributed by atoms with Crippen LogP contribution in [0.2, 0.25) is 0 Å². The van der Waals surface area contributed by atoms with E-state index in [1.54, 1.807) is 0 Å². The van der Waals surface area contributed by atoms with Gasteiger partial charge >= 0.3 is 0 Å². The van der Waals surface area contributed by atoms with Crippen LogP contribution in [0.25, 0.3) is 0 Å². The second-order valence-corrected chi connectivity index (χ2v) is 3.77. The number of nitrogens with two attached hydrogens (primary N) is 1. The maximum absolute atomic E-state index is 11.6. The summed E-state index contributed by atoms with van der Waals surface area (Å²) in [6.07, 6.45) is 0.658. The second kappa shape index (κ2) is 3.42. The van der Waals surface area contributed by atoms with Crippen LogP contribution in [0, 0.1) is 0 Å². The Morgan fingerprint density at radius 1 is 1.36 bits per heavy atom. The van der Waals surface area contributed by atoms with Gasteiger partial charge in [0.2, 0.25) is 0 Å². The number of nitrogen functional groups attached to an aromatic ring is 1. The van der Waals surface area contributed by atoms with Crippen molar-refractivity contribution in [2.75, 3.05) is 19.3 Å². The maximum Gasteiger partial charge on any atom is 0.155 e. The Bertz CT molecular complexity index is 345. The summed E-state index contributed by atoms with van der Waals surface area (Å²) in [6.45, 7) is 0.855. The quantitative estimate of drug-likeness (QED) is 0.677. The molecule has 0 saturated carbocycles. The third-order valence-corrected chi connectivity index (χ3v) is 2.71. The predicted octanol–water partition coefficient (Wildman–Crippen LogP) is 1.21. The van der Waals surface area contributed by atoms with Crippen molar-refractivity contribution >= 4 is 11.5 Å². The van der Waals surface area contributed by atoms with E-state index in [2.05, 4.69) is 4.90 Å². The van der Waals surface area contributed by atoms with Gasteiger partial charge in [0.1, 0.15) is 0 Å². The minimum atomic E-state index is -0.0596. The molecule has 1 atom stereocenters. The lowest BCUT2D eigenvalue weighted by Gasteiger charge is -2.18. The Labute approximate surface area is 83.5 Å². The lowest BCUT2D eigenvalue weighted by Crippen LogP contribution is -2.20. The second-order valence-electron chi connectivity index (χ2n) is 3.77. The number of carbonyl (C=O) groups excluding carboxylic acids is 1. The van der Waals surface area contributed by atoms with E-state index < -0.39 is 0 Å². The van der Waals surface area contributed by atoms with Gasteiger partial charge in [-0.2, -0.15) is 0 Å². The topological polar surface area (TPSA) is 46.3 Å². The first-order valence-electron chi connectivity index (χ1n) is 4.77. The maximum atomic E-state index is 11.6. The van der Waals surface area contributed by atoms with Gasteiger partial charge in [-0.05, 0) is 24.7 Å². The summed E-state index contributed by atoms with van der Waals surface area (Å²) >= 11 is 0. The van der Waals surface area contributed by atoms with E-state index >= 15 is 0 Å². The van der Waals surface area contributed by atoms with E-state index in [1.165, 1.54) is 0 Å². The minimum absolute atomic E-state index is 0.0596. The molecule has 2 rings (SSSR count). The number of anilines is 1. The highest BCUT2D eigenvalue weighted by Gasteiger charge is 2.30. The molecule has 1 saturated heterocycles. The molecule has 0 spiro atoms. The van der Waals surface area contributed by atoms with Gasteiger partial charge in [0.25, 0.3) is 0 Å². The van der Waals surface area contributed by atoms with Gasteiger partial charge in [0, 0.05) is 18.7 Å². The molecule has 0 amide bonds. The molecule has 2 N–H and O–H groups in total. The van der Waals surface area contributed by atoms with Crippen LogP contribution in [-0.4, -0.2) is 24.3 Å². The number of hydrogen-bond donors (Lipinski definition) is 1. The van der Waals surface area contributed by atoms with E-state index in [1.807, 2.05) is 31.3 Å². The van der Waals surface area contributed by atoms with Crippen molar-refractivity contribution in [2.24, 2.45) is 0 Å². The van der Waals surface area contributed by atoms with Crippen LogP contribution in [-0.2, 0) is 4.79 Å². The first kappa shape index (κ1) is 9.21. The molecular formula is C11H14N2O. The monoisotopic (exact) mass is 190 g/mol. The van der Waals surface area contributed by atoms with Crippen LogP contribution < -0.4 is 5.73 Å². The summed E-state index contributed by atoms with van der Waals surface area (Å²) in [7, 11) is 1.98. The Morgan fingerprint density at radius 2 is 2.00 bits per heavy atom. The van der Waals surface area contributed by atoms with Crippen LogP contribution in [0.15, 0.2) is 24.3 Å². The fourth-order valence-corrected chi connectivity index (χ4v) is 1.92. The molecule has 3 heteroatoms. The third-order valence-electron chi connectivity index (χ3n) is 2.71. The van der Waals surface area contributed by atoms with E-state index in [9.17, 15) is 4.79 Å². The van der Waals surface area contributed by atoms with Gasteiger partial charge in [0.05, 0.1) is 6.04 Å². The number of benzene rings is 1. The largest absolute Gasteiger partial charge is 0.399 e. The molecule has 1 aliphatic heterocycles. The van der Waals surface area contributed by atoms with Crippen molar-refractivity contribution in [1.29, 1.82) is 0 Å². The van der Waals surface area contributed by atoms with Gasteiger partial charge in [-0.25, -0.2) is 0 Å². The molecule has 0 bridgehead atoms. The average Bonchev–Trinajstić information content (AvgIpc) is 2.49. The van der Waals surface area contributed by atoms with Crippen molar-refractivity contribution in [3.8, 4) is 0 Å². The molecule has 1 aliphatic rings. The number of likely N-dealkylation sites (N-methyl/N-ethyl adjacent to an activating group) is 1. The average molecular weight is 190 g/mol. The van der Waals surface area contributed by atoms with Crippen LogP contribution in [0.1, 0.15) is 18.0 Å². The Hall–Kier alpha value is -1.35. The Balaban J connectivity index is 2.30. The first-order chi connectivity index (χ1) is 6.68. The summed E-state index contributed by atoms with van der Waals surface area (Å²) < 4.78 is 0. The molecule has 1 aromatic rings. The molecule has 0 aromatic heterocycles. The van der Waals surface area contributed by atoms with Crippen molar-refractivity contribution in [2.45, 2.75) is 12.5 Å². The molecule has 0 radical (unpaired) electrons. The predicted molar refractivity (Wildman–Crippen MR) is 55.8 cm³/mol. The van der Waals surface area contributed by atoms with E-state index in [0.29, 0.717) is 12.2 Å². The van der Waals surface area contributed by atoms with Crippen molar-refractivity contribution in [3.05, 3.63) is 29.8 Å². The summed E-state index contributed by atoms with van der Waals surface area (Å²) in [4.78, 5) is 13.7. The number of ketones is 1. The number of nitrogens with zero attached hydrogens (tertiary/aromatic N) is 1. The molecule has 0 aliphatic carbocycles. The standard InChI is InChI=1S/C11H14N2O/c1-13-7-6-10(14)11(13)8-2-4-9(12)5-3-8/h2-5,11H,6-7,12H2,1H3. The Kier molecular flexibility index (Phi) is 2.25. The van der Waals surface area contributed by atoms with Crippen LogP contribution >= 0.6 is 0 Å². The summed E-state index contributed by atoms with van der Waals surface area (Å²) in [5.41, 5.74) is 7.38. The summed E-state index contributed by atoms with van der Waals surface area (Å²) in [6, 6.07) is 7.48. The molecule has 3 nitrogen and oxygen atoms in total. The van der Waals surface area contributed by atoms with Crippen molar-refractivity contribution < 1.29 is 4.79 Å². The molecule has 1 fully saturated rings. The van der Waals surface area contributed by atoms with Crippen LogP contribution in [0.5, 0.6) is 0 Å². The lowest BCUT2D eigenvalue weighted by atomic mass is 10.0. The fraction of sp³-hybridized carbons (Fsp3) is 0.364. The van der Waals surface area contributed by atoms with Crippen molar-refractivity contribution in [3.63, 3.8) is 0 Å². The zero-order valence-corrected chi connectivity index (χ0v) is 8.23. The molecular weight excluding hydrogens is 176 g/mol. The van der Waals surface area contributed by atoms with E-state index in [0.717, 1.165) is 17.8 Å². The number of likely N-dealkylation sites (tertiary alicyclic amines) is 1. The van der Waals surface area contributed by atoms with Gasteiger partial charge < -0.3 is 5.73 Å². The molecule has 1 aromatic carbocycles. The van der Waals surface area contributed by atoms with Gasteiger partial charge in [0.15, 0.2) is 5.78 Å². The summed E-state index contributed by atoms with van der Waals surface area (Å²) in [5, 5.41) is 0. The highest BCUT2D eigenvalue weighted by atomic mass is 16.1. The number of carbonyl (C=O) groups is 1. The molecule has 74 valence electrons. The molecule has 1 unspecified atom stereocenters.